The van der Waals surface area contributed by atoms with Gasteiger partial charge in [0.25, 0.3) is 0 Å². The largest absolute Gasteiger partial charge is 0.311 e. The quantitative estimate of drug-likeness (QED) is 0.836. The Hall–Kier alpha value is -0.670. The molecule has 0 aliphatic heterocycles. The smallest absolute Gasteiger partial charge is 0.130 e. The fourth-order valence-electron chi connectivity index (χ4n) is 1.57. The molecule has 0 unspecified atom stereocenters. The van der Waals surface area contributed by atoms with Crippen molar-refractivity contribution >= 4 is 22.0 Å². The van der Waals surface area contributed by atoms with Crippen LogP contribution in [0.2, 0.25) is 0 Å². The van der Waals surface area contributed by atoms with Crippen LogP contribution in [-0.4, -0.2) is 12.6 Å². The number of nitrogens with one attached hydrogen (secondary N) is 1. The molecule has 100 valence electrons. The van der Waals surface area contributed by atoms with E-state index in [9.17, 15) is 4.39 Å². The molecule has 0 bridgehead atoms. The minimum absolute atomic E-state index is 0.180. The van der Waals surface area contributed by atoms with Gasteiger partial charge in [0.15, 0.2) is 0 Å². The topological polar surface area (TPSA) is 12.0 Å². The van der Waals surface area contributed by atoms with E-state index in [1.54, 1.807) is 6.07 Å². The first-order valence-electron chi connectivity index (χ1n) is 6.29. The summed E-state index contributed by atoms with van der Waals surface area (Å²) in [4.78, 5) is 0. The molecular formula is C15H21BrFN. The van der Waals surface area contributed by atoms with E-state index in [0.29, 0.717) is 17.5 Å². The molecular weight excluding hydrogens is 293 g/mol. The van der Waals surface area contributed by atoms with E-state index in [0.717, 1.165) is 11.0 Å². The van der Waals surface area contributed by atoms with E-state index >= 15 is 0 Å². The minimum atomic E-state index is -0.180. The Morgan fingerprint density at radius 3 is 2.56 bits per heavy atom. The molecule has 0 aliphatic carbocycles. The average Bonchev–Trinajstić information content (AvgIpc) is 2.28. The number of hydrogen-bond acceptors (Lipinski definition) is 1. The highest BCUT2D eigenvalue weighted by Crippen LogP contribution is 2.20. The number of rotatable bonds is 5. The summed E-state index contributed by atoms with van der Waals surface area (Å²) in [5.41, 5.74) is 1.85. The average molecular weight is 314 g/mol. The van der Waals surface area contributed by atoms with Gasteiger partial charge in [0.2, 0.25) is 0 Å². The van der Waals surface area contributed by atoms with Crippen molar-refractivity contribution in [2.24, 2.45) is 5.92 Å². The standard InChI is InChI=1S/C15H21BrFN/c1-10(2)13(9-18-11(3)4)7-12-8-14(16)5-6-15(12)17/h5-8,10-11,18H,9H2,1-4H3. The van der Waals surface area contributed by atoms with Gasteiger partial charge in [0, 0.05) is 22.6 Å². The molecule has 0 amide bonds. The zero-order valence-electron chi connectivity index (χ0n) is 11.4. The van der Waals surface area contributed by atoms with Gasteiger partial charge < -0.3 is 5.32 Å². The van der Waals surface area contributed by atoms with Gasteiger partial charge in [-0.25, -0.2) is 4.39 Å². The highest BCUT2D eigenvalue weighted by Gasteiger charge is 2.07. The molecule has 1 aromatic carbocycles. The monoisotopic (exact) mass is 313 g/mol. The normalized spacial score (nSPS) is 12.6. The summed E-state index contributed by atoms with van der Waals surface area (Å²) in [6, 6.07) is 5.45. The Balaban J connectivity index is 2.96. The lowest BCUT2D eigenvalue weighted by Gasteiger charge is -2.15. The van der Waals surface area contributed by atoms with Crippen molar-refractivity contribution in [3.63, 3.8) is 0 Å². The van der Waals surface area contributed by atoms with Crippen LogP contribution >= 0.6 is 15.9 Å². The van der Waals surface area contributed by atoms with E-state index in [2.05, 4.69) is 48.9 Å². The van der Waals surface area contributed by atoms with E-state index < -0.39 is 0 Å². The Bertz CT molecular complexity index is 425. The molecule has 0 spiro atoms. The van der Waals surface area contributed by atoms with Crippen LogP contribution in [-0.2, 0) is 0 Å². The summed E-state index contributed by atoms with van der Waals surface area (Å²) in [5.74, 6) is 0.218. The highest BCUT2D eigenvalue weighted by atomic mass is 79.9. The molecule has 0 atom stereocenters. The second-order valence-corrected chi connectivity index (χ2v) is 5.99. The third-order valence-electron chi connectivity index (χ3n) is 2.75. The number of halogens is 2. The molecule has 0 saturated carbocycles. The first-order chi connectivity index (χ1) is 8.40. The maximum Gasteiger partial charge on any atom is 0.130 e. The maximum absolute atomic E-state index is 13.7. The summed E-state index contributed by atoms with van der Waals surface area (Å²) in [6.45, 7) is 9.27. The fraction of sp³-hybridized carbons (Fsp3) is 0.467. The van der Waals surface area contributed by atoms with Crippen LogP contribution in [0.25, 0.3) is 6.08 Å². The van der Waals surface area contributed by atoms with Crippen molar-refractivity contribution < 1.29 is 4.39 Å². The molecule has 3 heteroatoms. The van der Waals surface area contributed by atoms with Gasteiger partial charge in [-0.3, -0.25) is 0 Å². The van der Waals surface area contributed by atoms with Crippen molar-refractivity contribution in [2.75, 3.05) is 6.54 Å². The van der Waals surface area contributed by atoms with Gasteiger partial charge in [-0.05, 0) is 24.1 Å². The van der Waals surface area contributed by atoms with Gasteiger partial charge >= 0.3 is 0 Å². The first-order valence-corrected chi connectivity index (χ1v) is 7.08. The minimum Gasteiger partial charge on any atom is -0.311 e. The van der Waals surface area contributed by atoms with Crippen molar-refractivity contribution in [3.05, 3.63) is 39.6 Å². The molecule has 1 nitrogen and oxygen atoms in total. The first kappa shape index (κ1) is 15.4. The molecule has 0 fully saturated rings. The Kier molecular flexibility index (Phi) is 6.03. The van der Waals surface area contributed by atoms with Crippen LogP contribution in [0.1, 0.15) is 33.3 Å². The second kappa shape index (κ2) is 7.05. The van der Waals surface area contributed by atoms with Crippen molar-refractivity contribution in [3.8, 4) is 0 Å². The third kappa shape index (κ3) is 4.91. The van der Waals surface area contributed by atoms with Gasteiger partial charge in [0.1, 0.15) is 5.82 Å². The van der Waals surface area contributed by atoms with Crippen LogP contribution in [0, 0.1) is 11.7 Å². The summed E-state index contributed by atoms with van der Waals surface area (Å²) in [5, 5.41) is 3.38. The molecule has 0 saturated heterocycles. The summed E-state index contributed by atoms with van der Waals surface area (Å²) < 4.78 is 14.6. The molecule has 0 radical (unpaired) electrons. The second-order valence-electron chi connectivity index (χ2n) is 5.08. The molecule has 1 N–H and O–H groups in total. The van der Waals surface area contributed by atoms with Gasteiger partial charge in [-0.2, -0.15) is 0 Å². The van der Waals surface area contributed by atoms with E-state index in [-0.39, 0.29) is 5.82 Å². The Morgan fingerprint density at radius 1 is 1.33 bits per heavy atom. The lowest BCUT2D eigenvalue weighted by molar-refractivity contribution is 0.591. The van der Waals surface area contributed by atoms with Crippen molar-refractivity contribution in [1.29, 1.82) is 0 Å². The molecule has 1 rings (SSSR count). The third-order valence-corrected chi connectivity index (χ3v) is 3.25. The van der Waals surface area contributed by atoms with E-state index in [1.807, 2.05) is 12.1 Å². The lowest BCUT2D eigenvalue weighted by Crippen LogP contribution is -2.26. The summed E-state index contributed by atoms with van der Waals surface area (Å²) in [7, 11) is 0. The predicted octanol–water partition coefficient (Wildman–Crippen LogP) is 4.63. The SMILES string of the molecule is CC(C)NCC(=Cc1cc(Br)ccc1F)C(C)C. The molecule has 0 aromatic heterocycles. The van der Waals surface area contributed by atoms with Gasteiger partial charge in [0.05, 0.1) is 0 Å². The molecule has 18 heavy (non-hydrogen) atoms. The molecule has 1 aromatic rings. The molecule has 0 aliphatic rings. The lowest BCUT2D eigenvalue weighted by atomic mass is 10.00. The molecule has 0 heterocycles. The Morgan fingerprint density at radius 2 is 2.00 bits per heavy atom. The fourth-order valence-corrected chi connectivity index (χ4v) is 1.95. The van der Waals surface area contributed by atoms with Crippen LogP contribution in [0.4, 0.5) is 4.39 Å². The van der Waals surface area contributed by atoms with Crippen LogP contribution < -0.4 is 5.32 Å². The van der Waals surface area contributed by atoms with Crippen molar-refractivity contribution in [1.82, 2.24) is 5.32 Å². The number of benzene rings is 1. The van der Waals surface area contributed by atoms with Crippen LogP contribution in [0.15, 0.2) is 28.2 Å². The Labute approximate surface area is 118 Å². The van der Waals surface area contributed by atoms with E-state index in [1.165, 1.54) is 11.6 Å². The van der Waals surface area contributed by atoms with Gasteiger partial charge in [-0.1, -0.05) is 55.3 Å². The summed E-state index contributed by atoms with van der Waals surface area (Å²) in [6.07, 6.45) is 1.94. The van der Waals surface area contributed by atoms with E-state index in [4.69, 9.17) is 0 Å². The predicted molar refractivity (Wildman–Crippen MR) is 80.1 cm³/mol. The number of hydrogen-bond donors (Lipinski definition) is 1. The zero-order chi connectivity index (χ0) is 13.7. The van der Waals surface area contributed by atoms with Crippen LogP contribution in [0.3, 0.4) is 0 Å². The van der Waals surface area contributed by atoms with Crippen molar-refractivity contribution in [2.45, 2.75) is 33.7 Å². The highest BCUT2D eigenvalue weighted by molar-refractivity contribution is 9.10. The summed E-state index contributed by atoms with van der Waals surface area (Å²) >= 11 is 3.37. The van der Waals surface area contributed by atoms with Crippen LogP contribution in [0.5, 0.6) is 0 Å². The van der Waals surface area contributed by atoms with Gasteiger partial charge in [-0.15, -0.1) is 0 Å². The maximum atomic E-state index is 13.7. The zero-order valence-corrected chi connectivity index (χ0v) is 13.0.